The van der Waals surface area contributed by atoms with Crippen LogP contribution in [0.2, 0.25) is 0 Å². The molecule has 3 fully saturated rings. The second-order valence-electron chi connectivity index (χ2n) is 11.9. The molecule has 2 amide bonds. The second-order valence-corrected chi connectivity index (χ2v) is 11.9. The second kappa shape index (κ2) is 12.6. The first-order valence-electron chi connectivity index (χ1n) is 14.0. The van der Waals surface area contributed by atoms with Gasteiger partial charge in [-0.25, -0.2) is 9.59 Å². The molecule has 0 bridgehead atoms. The highest BCUT2D eigenvalue weighted by Crippen LogP contribution is 2.39. The molecule has 0 aromatic heterocycles. The largest absolute Gasteiger partial charge is 0.488 e. The number of para-hydroxylation sites is 1. The first kappa shape index (κ1) is 29.9. The molecular weight excluding hydrogens is 516 g/mol. The molecule has 1 aliphatic carbocycles. The van der Waals surface area contributed by atoms with E-state index in [1.807, 2.05) is 39.0 Å². The first-order valence-corrected chi connectivity index (χ1v) is 14.0. The smallest absolute Gasteiger partial charge is 0.410 e. The summed E-state index contributed by atoms with van der Waals surface area (Å²) in [6, 6.07) is 7.49. The molecule has 1 saturated carbocycles. The molecule has 1 spiro atoms. The SMILES string of the molecule is C=C(COc1ccccc1C1CCC(OC[C@@H]2N(C(=O)OC(C)(C)C)CC[C@@]23COCC(=O)N3)CC1)C(=O)OC. The van der Waals surface area contributed by atoms with Crippen LogP contribution in [0.15, 0.2) is 36.4 Å². The van der Waals surface area contributed by atoms with E-state index in [1.54, 1.807) is 4.90 Å². The summed E-state index contributed by atoms with van der Waals surface area (Å²) < 4.78 is 28.3. The maximum atomic E-state index is 13.1. The van der Waals surface area contributed by atoms with Crippen molar-refractivity contribution in [2.75, 3.05) is 40.1 Å². The highest BCUT2D eigenvalue weighted by atomic mass is 16.6. The summed E-state index contributed by atoms with van der Waals surface area (Å²) in [5, 5.41) is 3.10. The minimum absolute atomic E-state index is 0.0216. The van der Waals surface area contributed by atoms with Crippen LogP contribution in [0.1, 0.15) is 64.4 Å². The molecule has 1 N–H and O–H groups in total. The van der Waals surface area contributed by atoms with Crippen LogP contribution in [0.3, 0.4) is 0 Å². The van der Waals surface area contributed by atoms with Gasteiger partial charge in [0.15, 0.2) is 0 Å². The zero-order valence-corrected chi connectivity index (χ0v) is 24.0. The van der Waals surface area contributed by atoms with Gasteiger partial charge in [0.1, 0.15) is 24.6 Å². The van der Waals surface area contributed by atoms with Crippen molar-refractivity contribution in [2.45, 2.75) is 82.1 Å². The van der Waals surface area contributed by atoms with E-state index in [-0.39, 0.29) is 43.4 Å². The van der Waals surface area contributed by atoms with Crippen LogP contribution in [0.4, 0.5) is 4.79 Å². The van der Waals surface area contributed by atoms with Crippen LogP contribution in [-0.2, 0) is 28.5 Å². The van der Waals surface area contributed by atoms with E-state index in [4.69, 9.17) is 23.7 Å². The predicted octanol–water partition coefficient (Wildman–Crippen LogP) is 3.73. The summed E-state index contributed by atoms with van der Waals surface area (Å²) in [5.74, 6) is 0.373. The average molecular weight is 559 g/mol. The zero-order valence-electron chi connectivity index (χ0n) is 24.0. The van der Waals surface area contributed by atoms with Crippen molar-refractivity contribution in [2.24, 2.45) is 0 Å². The lowest BCUT2D eigenvalue weighted by Gasteiger charge is -2.41. The van der Waals surface area contributed by atoms with Gasteiger partial charge >= 0.3 is 12.1 Å². The van der Waals surface area contributed by atoms with Crippen LogP contribution in [0.25, 0.3) is 0 Å². The van der Waals surface area contributed by atoms with E-state index in [2.05, 4.69) is 18.0 Å². The maximum absolute atomic E-state index is 13.1. The molecular formula is C30H42N2O8. The van der Waals surface area contributed by atoms with Gasteiger partial charge in [-0.3, -0.25) is 4.79 Å². The highest BCUT2D eigenvalue weighted by Gasteiger charge is 2.53. The summed E-state index contributed by atoms with van der Waals surface area (Å²) in [6.45, 7) is 10.4. The molecule has 40 heavy (non-hydrogen) atoms. The van der Waals surface area contributed by atoms with Gasteiger partial charge in [-0.05, 0) is 70.4 Å². The third-order valence-corrected chi connectivity index (χ3v) is 7.82. The van der Waals surface area contributed by atoms with Gasteiger partial charge in [0.2, 0.25) is 5.91 Å². The summed E-state index contributed by atoms with van der Waals surface area (Å²) >= 11 is 0. The fourth-order valence-corrected chi connectivity index (χ4v) is 5.80. The number of nitrogens with zero attached hydrogens (tertiary/aromatic N) is 1. The Kier molecular flexibility index (Phi) is 9.41. The molecule has 2 aliphatic heterocycles. The average Bonchev–Trinajstić information content (AvgIpc) is 3.26. The number of methoxy groups -OCH3 is 1. The maximum Gasteiger partial charge on any atom is 0.410 e. The Labute approximate surface area is 236 Å². The molecule has 2 saturated heterocycles. The molecule has 3 aliphatic rings. The van der Waals surface area contributed by atoms with Crippen molar-refractivity contribution in [3.05, 3.63) is 42.0 Å². The Bertz CT molecular complexity index is 1090. The van der Waals surface area contributed by atoms with Gasteiger partial charge in [-0.2, -0.15) is 0 Å². The van der Waals surface area contributed by atoms with Crippen LogP contribution >= 0.6 is 0 Å². The summed E-state index contributed by atoms with van der Waals surface area (Å²) in [4.78, 5) is 38.7. The van der Waals surface area contributed by atoms with Crippen LogP contribution < -0.4 is 10.1 Å². The van der Waals surface area contributed by atoms with E-state index < -0.39 is 23.2 Å². The molecule has 1 aromatic rings. The Morgan fingerprint density at radius 3 is 2.58 bits per heavy atom. The van der Waals surface area contributed by atoms with Crippen molar-refractivity contribution >= 4 is 18.0 Å². The quantitative estimate of drug-likeness (QED) is 0.380. The van der Waals surface area contributed by atoms with Gasteiger partial charge < -0.3 is 33.9 Å². The van der Waals surface area contributed by atoms with Crippen molar-refractivity contribution in [3.8, 4) is 5.75 Å². The van der Waals surface area contributed by atoms with E-state index in [9.17, 15) is 14.4 Å². The van der Waals surface area contributed by atoms with Crippen molar-refractivity contribution in [1.29, 1.82) is 0 Å². The number of rotatable bonds is 8. The summed E-state index contributed by atoms with van der Waals surface area (Å²) in [6.07, 6.45) is 3.72. The molecule has 0 radical (unpaired) electrons. The molecule has 2 atom stereocenters. The molecule has 1 aromatic carbocycles. The number of hydrogen-bond donors (Lipinski definition) is 1. The lowest BCUT2D eigenvalue weighted by Crippen LogP contribution is -2.65. The van der Waals surface area contributed by atoms with Gasteiger partial charge in [0, 0.05) is 6.54 Å². The monoisotopic (exact) mass is 558 g/mol. The Morgan fingerprint density at radius 1 is 1.18 bits per heavy atom. The van der Waals surface area contributed by atoms with Gasteiger partial charge in [0.25, 0.3) is 0 Å². The number of morpholine rings is 1. The van der Waals surface area contributed by atoms with E-state index in [0.29, 0.717) is 25.5 Å². The molecule has 4 rings (SSSR count). The Balaban J connectivity index is 1.37. The topological polar surface area (TPSA) is 113 Å². The van der Waals surface area contributed by atoms with Crippen LogP contribution in [-0.4, -0.2) is 86.2 Å². The Hall–Kier alpha value is -3.11. The van der Waals surface area contributed by atoms with Crippen LogP contribution in [0, 0.1) is 0 Å². The Morgan fingerprint density at radius 2 is 1.90 bits per heavy atom. The standard InChI is InChI=1S/C30H42N2O8/c1-20(27(34)36-5)16-39-24-9-7-6-8-23(24)21-10-12-22(13-11-21)38-17-25-30(19-37-18-26(33)31-30)14-15-32(25)28(35)40-29(2,3)4/h6-9,21-22,25H,1,10-19H2,2-5H3,(H,31,33)/t21?,22?,25-,30+/m0/s1. The van der Waals surface area contributed by atoms with E-state index >= 15 is 0 Å². The van der Waals surface area contributed by atoms with Gasteiger partial charge in [-0.15, -0.1) is 0 Å². The lowest BCUT2D eigenvalue weighted by molar-refractivity contribution is -0.138. The fraction of sp³-hybridized carbons (Fsp3) is 0.633. The molecule has 10 heteroatoms. The number of amides is 2. The summed E-state index contributed by atoms with van der Waals surface area (Å²) in [7, 11) is 1.32. The fourth-order valence-electron chi connectivity index (χ4n) is 5.80. The normalized spacial score (nSPS) is 26.8. The predicted molar refractivity (Wildman–Crippen MR) is 147 cm³/mol. The van der Waals surface area contributed by atoms with Crippen molar-refractivity contribution < 1.29 is 38.1 Å². The number of carbonyl (C=O) groups excluding carboxylic acids is 3. The first-order chi connectivity index (χ1) is 19.0. The molecule has 0 unspecified atom stereocenters. The molecule has 10 nitrogen and oxygen atoms in total. The minimum Gasteiger partial charge on any atom is -0.488 e. The van der Waals surface area contributed by atoms with Gasteiger partial charge in [-0.1, -0.05) is 24.8 Å². The lowest BCUT2D eigenvalue weighted by atomic mass is 9.82. The third kappa shape index (κ3) is 7.14. The number of likely N-dealkylation sites (tertiary alicyclic amines) is 1. The number of esters is 1. The number of carbonyl (C=O) groups is 3. The van der Waals surface area contributed by atoms with Crippen LogP contribution in [0.5, 0.6) is 5.75 Å². The third-order valence-electron chi connectivity index (χ3n) is 7.82. The number of nitrogens with one attached hydrogen (secondary N) is 1. The van der Waals surface area contributed by atoms with Crippen molar-refractivity contribution in [1.82, 2.24) is 10.2 Å². The van der Waals surface area contributed by atoms with E-state index in [1.165, 1.54) is 7.11 Å². The molecule has 2 heterocycles. The molecule has 220 valence electrons. The van der Waals surface area contributed by atoms with Gasteiger partial charge in [0.05, 0.1) is 43.6 Å². The number of ether oxygens (including phenoxy) is 5. The van der Waals surface area contributed by atoms with E-state index in [0.717, 1.165) is 37.0 Å². The highest BCUT2D eigenvalue weighted by molar-refractivity contribution is 5.87. The number of benzene rings is 1. The zero-order chi connectivity index (χ0) is 28.9. The number of hydrogen-bond acceptors (Lipinski definition) is 8. The van der Waals surface area contributed by atoms with Crippen molar-refractivity contribution in [3.63, 3.8) is 0 Å². The summed E-state index contributed by atoms with van der Waals surface area (Å²) in [5.41, 5.74) is 0.0502. The minimum atomic E-state index is -0.687.